The van der Waals surface area contributed by atoms with Gasteiger partial charge in [-0.05, 0) is 32.9 Å². The summed E-state index contributed by atoms with van der Waals surface area (Å²) in [7, 11) is 1.88. The molecule has 0 spiro atoms. The maximum atomic E-state index is 11.9. The molecule has 0 fully saturated rings. The van der Waals surface area contributed by atoms with Gasteiger partial charge in [0.15, 0.2) is 5.82 Å². The molecule has 1 heterocycles. The maximum Gasteiger partial charge on any atom is 0.238 e. The monoisotopic (exact) mass is 287 g/mol. The number of hydrogen-bond donors (Lipinski definition) is 2. The van der Waals surface area contributed by atoms with Gasteiger partial charge in [-0.15, -0.1) is 10.2 Å². The number of benzene rings is 1. The number of carbonyl (C=O) groups excluding carboxylic acids is 1. The predicted molar refractivity (Wildman–Crippen MR) is 82.8 cm³/mol. The SMILES string of the molecule is Cn1cnnc1-c1cccc(NC(=O)CNC(C)(C)C)c1. The lowest BCUT2D eigenvalue weighted by atomic mass is 10.1. The second-order valence-corrected chi connectivity index (χ2v) is 6.00. The second-order valence-electron chi connectivity index (χ2n) is 6.00. The molecule has 0 saturated heterocycles. The van der Waals surface area contributed by atoms with Crippen molar-refractivity contribution in [2.75, 3.05) is 11.9 Å². The van der Waals surface area contributed by atoms with Crippen LogP contribution in [0.2, 0.25) is 0 Å². The van der Waals surface area contributed by atoms with E-state index in [2.05, 4.69) is 20.8 Å². The van der Waals surface area contributed by atoms with Crippen molar-refractivity contribution in [2.24, 2.45) is 7.05 Å². The van der Waals surface area contributed by atoms with Crippen LogP contribution in [0.5, 0.6) is 0 Å². The summed E-state index contributed by atoms with van der Waals surface area (Å²) in [5, 5.41) is 14.0. The molecule has 0 atom stereocenters. The molecule has 6 heteroatoms. The van der Waals surface area contributed by atoms with Crippen molar-refractivity contribution < 1.29 is 4.79 Å². The highest BCUT2D eigenvalue weighted by Gasteiger charge is 2.12. The Morgan fingerprint density at radius 2 is 2.10 bits per heavy atom. The number of hydrogen-bond acceptors (Lipinski definition) is 4. The van der Waals surface area contributed by atoms with E-state index >= 15 is 0 Å². The number of amides is 1. The number of aromatic nitrogens is 3. The topological polar surface area (TPSA) is 71.8 Å². The summed E-state index contributed by atoms with van der Waals surface area (Å²) >= 11 is 0. The molecule has 112 valence electrons. The van der Waals surface area contributed by atoms with Crippen LogP contribution in [0.25, 0.3) is 11.4 Å². The summed E-state index contributed by atoms with van der Waals surface area (Å²) < 4.78 is 1.84. The molecule has 0 aliphatic heterocycles. The number of rotatable bonds is 4. The van der Waals surface area contributed by atoms with Gasteiger partial charge >= 0.3 is 0 Å². The minimum Gasteiger partial charge on any atom is -0.325 e. The van der Waals surface area contributed by atoms with Gasteiger partial charge in [0.2, 0.25) is 5.91 Å². The lowest BCUT2D eigenvalue weighted by molar-refractivity contribution is -0.115. The van der Waals surface area contributed by atoms with Crippen LogP contribution in [0.15, 0.2) is 30.6 Å². The summed E-state index contributed by atoms with van der Waals surface area (Å²) in [6, 6.07) is 7.57. The average molecular weight is 287 g/mol. The molecule has 1 amide bonds. The van der Waals surface area contributed by atoms with Crippen LogP contribution in [-0.4, -0.2) is 32.8 Å². The third-order valence-electron chi connectivity index (χ3n) is 2.90. The summed E-state index contributed by atoms with van der Waals surface area (Å²) in [4.78, 5) is 11.9. The number of nitrogens with zero attached hydrogens (tertiary/aromatic N) is 3. The molecule has 0 aliphatic rings. The van der Waals surface area contributed by atoms with Gasteiger partial charge in [0.1, 0.15) is 6.33 Å². The molecule has 1 aromatic carbocycles. The molecular weight excluding hydrogens is 266 g/mol. The van der Waals surface area contributed by atoms with Crippen molar-refractivity contribution in [3.8, 4) is 11.4 Å². The van der Waals surface area contributed by atoms with Crippen molar-refractivity contribution in [3.05, 3.63) is 30.6 Å². The Kier molecular flexibility index (Phi) is 4.37. The van der Waals surface area contributed by atoms with Gasteiger partial charge in [0.05, 0.1) is 6.54 Å². The number of carbonyl (C=O) groups is 1. The summed E-state index contributed by atoms with van der Waals surface area (Å²) in [6.07, 6.45) is 1.65. The first-order valence-electron chi connectivity index (χ1n) is 6.84. The van der Waals surface area contributed by atoms with E-state index in [0.717, 1.165) is 17.1 Å². The zero-order valence-electron chi connectivity index (χ0n) is 12.8. The minimum atomic E-state index is -0.0855. The van der Waals surface area contributed by atoms with Crippen LogP contribution < -0.4 is 10.6 Å². The van der Waals surface area contributed by atoms with Gasteiger partial charge in [0.25, 0.3) is 0 Å². The average Bonchev–Trinajstić information content (AvgIpc) is 2.82. The number of nitrogens with one attached hydrogen (secondary N) is 2. The maximum absolute atomic E-state index is 11.9. The molecule has 2 aromatic rings. The quantitative estimate of drug-likeness (QED) is 0.899. The van der Waals surface area contributed by atoms with Gasteiger partial charge in [-0.25, -0.2) is 0 Å². The van der Waals surface area contributed by atoms with E-state index in [-0.39, 0.29) is 18.0 Å². The van der Waals surface area contributed by atoms with Crippen LogP contribution in [0.3, 0.4) is 0 Å². The molecule has 0 bridgehead atoms. The van der Waals surface area contributed by atoms with E-state index in [1.165, 1.54) is 0 Å². The van der Waals surface area contributed by atoms with E-state index in [0.29, 0.717) is 0 Å². The Bertz CT molecular complexity index is 627. The fourth-order valence-corrected chi connectivity index (χ4v) is 1.83. The molecule has 0 saturated carbocycles. The molecule has 0 unspecified atom stereocenters. The van der Waals surface area contributed by atoms with Gasteiger partial charge < -0.3 is 15.2 Å². The first-order chi connectivity index (χ1) is 9.85. The molecule has 1 aromatic heterocycles. The standard InChI is InChI=1S/C15H21N5O/c1-15(2,3)16-9-13(21)18-12-7-5-6-11(8-12)14-19-17-10-20(14)4/h5-8,10,16H,9H2,1-4H3,(H,18,21). The zero-order chi connectivity index (χ0) is 15.5. The van der Waals surface area contributed by atoms with Crippen molar-refractivity contribution in [1.29, 1.82) is 0 Å². The Labute approximate surface area is 124 Å². The van der Waals surface area contributed by atoms with Crippen LogP contribution in [0, 0.1) is 0 Å². The van der Waals surface area contributed by atoms with E-state index in [1.54, 1.807) is 6.33 Å². The van der Waals surface area contributed by atoms with E-state index < -0.39 is 0 Å². The van der Waals surface area contributed by atoms with E-state index in [1.807, 2.05) is 56.7 Å². The number of aryl methyl sites for hydroxylation is 1. The third-order valence-corrected chi connectivity index (χ3v) is 2.90. The third kappa shape index (κ3) is 4.39. The van der Waals surface area contributed by atoms with Gasteiger partial charge in [0, 0.05) is 23.8 Å². The van der Waals surface area contributed by atoms with Crippen LogP contribution in [-0.2, 0) is 11.8 Å². The molecule has 21 heavy (non-hydrogen) atoms. The highest BCUT2D eigenvalue weighted by Crippen LogP contribution is 2.19. The molecule has 2 rings (SSSR count). The highest BCUT2D eigenvalue weighted by molar-refractivity contribution is 5.92. The fraction of sp³-hybridized carbons (Fsp3) is 0.400. The van der Waals surface area contributed by atoms with E-state index in [4.69, 9.17) is 0 Å². The minimum absolute atomic E-state index is 0.0694. The first kappa shape index (κ1) is 15.2. The van der Waals surface area contributed by atoms with Crippen molar-refractivity contribution in [3.63, 3.8) is 0 Å². The molecule has 0 aliphatic carbocycles. The largest absolute Gasteiger partial charge is 0.325 e. The predicted octanol–water partition coefficient (Wildman–Crippen LogP) is 1.81. The smallest absolute Gasteiger partial charge is 0.238 e. The summed E-state index contributed by atoms with van der Waals surface area (Å²) in [6.45, 7) is 6.34. The first-order valence-corrected chi connectivity index (χ1v) is 6.84. The second kappa shape index (κ2) is 6.05. The Hall–Kier alpha value is -2.21. The molecule has 2 N–H and O–H groups in total. The van der Waals surface area contributed by atoms with Crippen LogP contribution in [0.1, 0.15) is 20.8 Å². The van der Waals surface area contributed by atoms with Gasteiger partial charge in [-0.2, -0.15) is 0 Å². The summed E-state index contributed by atoms with van der Waals surface area (Å²) in [5.41, 5.74) is 1.57. The zero-order valence-corrected chi connectivity index (χ0v) is 12.8. The van der Waals surface area contributed by atoms with Crippen molar-refractivity contribution in [1.82, 2.24) is 20.1 Å². The molecular formula is C15H21N5O. The van der Waals surface area contributed by atoms with Crippen molar-refractivity contribution >= 4 is 11.6 Å². The lowest BCUT2D eigenvalue weighted by Crippen LogP contribution is -2.41. The highest BCUT2D eigenvalue weighted by atomic mass is 16.1. The van der Waals surface area contributed by atoms with Gasteiger partial charge in [-0.3, -0.25) is 4.79 Å². The fourth-order valence-electron chi connectivity index (χ4n) is 1.83. The molecule has 6 nitrogen and oxygen atoms in total. The van der Waals surface area contributed by atoms with E-state index in [9.17, 15) is 4.79 Å². The number of anilines is 1. The van der Waals surface area contributed by atoms with Crippen LogP contribution >= 0.6 is 0 Å². The lowest BCUT2D eigenvalue weighted by Gasteiger charge is -2.20. The van der Waals surface area contributed by atoms with Crippen molar-refractivity contribution in [2.45, 2.75) is 26.3 Å². The van der Waals surface area contributed by atoms with Gasteiger partial charge in [-0.1, -0.05) is 12.1 Å². The summed E-state index contributed by atoms with van der Waals surface area (Å²) in [5.74, 6) is 0.693. The van der Waals surface area contributed by atoms with Crippen LogP contribution in [0.4, 0.5) is 5.69 Å². The Balaban J connectivity index is 2.05. The normalized spacial score (nSPS) is 11.4. The molecule has 0 radical (unpaired) electrons. The Morgan fingerprint density at radius 3 is 2.71 bits per heavy atom. The Morgan fingerprint density at radius 1 is 1.33 bits per heavy atom.